The third kappa shape index (κ3) is 1.81. The van der Waals surface area contributed by atoms with Crippen LogP contribution in [-0.2, 0) is 4.74 Å². The smallest absolute Gasteiger partial charge is 0.188 e. The highest BCUT2D eigenvalue weighted by Gasteiger charge is 2.06. The Kier molecular flexibility index (Phi) is 2.87. The standard InChI is InChI=1S/C16H14O2/c1-17-11-18-16-10-12-6-2-3-7-13(12)14-8-4-5-9-15(14)16/h2-10H,11H2,1H3. The number of ether oxygens (including phenoxy) is 2. The molecule has 3 rings (SSSR count). The number of hydrogen-bond donors (Lipinski definition) is 0. The molecule has 90 valence electrons. The van der Waals surface area contributed by atoms with Gasteiger partial charge in [-0.05, 0) is 22.2 Å². The summed E-state index contributed by atoms with van der Waals surface area (Å²) < 4.78 is 10.6. The fourth-order valence-electron chi connectivity index (χ4n) is 2.26. The lowest BCUT2D eigenvalue weighted by Crippen LogP contribution is -1.99. The predicted molar refractivity (Wildman–Crippen MR) is 74.0 cm³/mol. The Balaban J connectivity index is 2.32. The maximum Gasteiger partial charge on any atom is 0.188 e. The van der Waals surface area contributed by atoms with Crippen molar-refractivity contribution in [2.24, 2.45) is 0 Å². The summed E-state index contributed by atoms with van der Waals surface area (Å²) in [6.07, 6.45) is 0. The molecule has 0 spiro atoms. The van der Waals surface area contributed by atoms with E-state index >= 15 is 0 Å². The number of rotatable bonds is 3. The van der Waals surface area contributed by atoms with Gasteiger partial charge in [0.25, 0.3) is 0 Å². The van der Waals surface area contributed by atoms with Crippen LogP contribution in [0.1, 0.15) is 0 Å². The van der Waals surface area contributed by atoms with E-state index in [1.807, 2.05) is 12.1 Å². The summed E-state index contributed by atoms with van der Waals surface area (Å²) in [7, 11) is 1.63. The van der Waals surface area contributed by atoms with Gasteiger partial charge in [0.2, 0.25) is 0 Å². The molecule has 2 nitrogen and oxygen atoms in total. The maximum atomic E-state index is 5.65. The van der Waals surface area contributed by atoms with Crippen LogP contribution in [0.3, 0.4) is 0 Å². The highest BCUT2D eigenvalue weighted by molar-refractivity contribution is 6.10. The lowest BCUT2D eigenvalue weighted by atomic mass is 10.0. The van der Waals surface area contributed by atoms with Gasteiger partial charge in [-0.2, -0.15) is 0 Å². The molecule has 3 aromatic rings. The summed E-state index contributed by atoms with van der Waals surface area (Å²) in [5.74, 6) is 0.867. The van der Waals surface area contributed by atoms with Crippen molar-refractivity contribution >= 4 is 21.5 Å². The SMILES string of the molecule is COCOc1cc2ccccc2c2ccccc12. The first-order valence-electron chi connectivity index (χ1n) is 5.92. The first-order chi connectivity index (χ1) is 8.90. The van der Waals surface area contributed by atoms with Crippen LogP contribution in [0, 0.1) is 0 Å². The van der Waals surface area contributed by atoms with Gasteiger partial charge in [-0.1, -0.05) is 48.5 Å². The average Bonchev–Trinajstić information content (AvgIpc) is 2.45. The van der Waals surface area contributed by atoms with Crippen molar-refractivity contribution in [3.63, 3.8) is 0 Å². The van der Waals surface area contributed by atoms with Crippen LogP contribution in [0.5, 0.6) is 5.75 Å². The lowest BCUT2D eigenvalue weighted by Gasteiger charge is -2.11. The van der Waals surface area contributed by atoms with E-state index in [-0.39, 0.29) is 6.79 Å². The van der Waals surface area contributed by atoms with Crippen LogP contribution in [0.4, 0.5) is 0 Å². The number of benzene rings is 3. The van der Waals surface area contributed by atoms with Crippen molar-refractivity contribution < 1.29 is 9.47 Å². The molecule has 0 aliphatic carbocycles. The van der Waals surface area contributed by atoms with Crippen molar-refractivity contribution in [1.29, 1.82) is 0 Å². The van der Waals surface area contributed by atoms with E-state index in [0.29, 0.717) is 0 Å². The van der Waals surface area contributed by atoms with Crippen molar-refractivity contribution in [2.45, 2.75) is 0 Å². The zero-order chi connectivity index (χ0) is 12.4. The van der Waals surface area contributed by atoms with E-state index in [1.54, 1.807) is 7.11 Å². The molecule has 0 aliphatic heterocycles. The summed E-state index contributed by atoms with van der Waals surface area (Å²) in [6, 6.07) is 18.7. The van der Waals surface area contributed by atoms with Crippen LogP contribution in [0.15, 0.2) is 54.6 Å². The average molecular weight is 238 g/mol. The molecule has 0 bridgehead atoms. The zero-order valence-corrected chi connectivity index (χ0v) is 10.2. The molecule has 2 heteroatoms. The van der Waals surface area contributed by atoms with Gasteiger partial charge in [-0.15, -0.1) is 0 Å². The van der Waals surface area contributed by atoms with Gasteiger partial charge in [0.1, 0.15) is 5.75 Å². The van der Waals surface area contributed by atoms with Crippen LogP contribution in [0.25, 0.3) is 21.5 Å². The van der Waals surface area contributed by atoms with E-state index in [4.69, 9.17) is 9.47 Å². The summed E-state index contributed by atoms with van der Waals surface area (Å²) >= 11 is 0. The van der Waals surface area contributed by atoms with Crippen molar-refractivity contribution in [2.75, 3.05) is 13.9 Å². The van der Waals surface area contributed by atoms with Gasteiger partial charge in [0.05, 0.1) is 0 Å². The Bertz CT molecular complexity index is 689. The third-order valence-electron chi connectivity index (χ3n) is 3.06. The first-order valence-corrected chi connectivity index (χ1v) is 5.92. The summed E-state index contributed by atoms with van der Waals surface area (Å²) in [5.41, 5.74) is 0. The Hall–Kier alpha value is -2.06. The molecule has 0 saturated heterocycles. The maximum absolute atomic E-state index is 5.65. The van der Waals surface area contributed by atoms with E-state index in [2.05, 4.69) is 42.5 Å². The Morgan fingerprint density at radius 3 is 2.28 bits per heavy atom. The normalized spacial score (nSPS) is 10.9. The third-order valence-corrected chi connectivity index (χ3v) is 3.06. The van der Waals surface area contributed by atoms with Gasteiger partial charge >= 0.3 is 0 Å². The minimum atomic E-state index is 0.266. The van der Waals surface area contributed by atoms with Crippen LogP contribution < -0.4 is 4.74 Å². The van der Waals surface area contributed by atoms with Gasteiger partial charge < -0.3 is 9.47 Å². The minimum absolute atomic E-state index is 0.266. The number of hydrogen-bond acceptors (Lipinski definition) is 2. The van der Waals surface area contributed by atoms with E-state index in [0.717, 1.165) is 11.1 Å². The van der Waals surface area contributed by atoms with Crippen molar-refractivity contribution in [1.82, 2.24) is 0 Å². The molecule has 0 aromatic heterocycles. The highest BCUT2D eigenvalue weighted by Crippen LogP contribution is 2.33. The molecule has 0 saturated carbocycles. The van der Waals surface area contributed by atoms with Crippen LogP contribution in [-0.4, -0.2) is 13.9 Å². The van der Waals surface area contributed by atoms with Crippen molar-refractivity contribution in [3.8, 4) is 5.75 Å². The van der Waals surface area contributed by atoms with E-state index in [9.17, 15) is 0 Å². The number of fused-ring (bicyclic) bond motifs is 3. The molecule has 0 amide bonds. The van der Waals surface area contributed by atoms with Gasteiger partial charge in [0.15, 0.2) is 6.79 Å². The van der Waals surface area contributed by atoms with Crippen LogP contribution >= 0.6 is 0 Å². The molecule has 0 heterocycles. The quantitative estimate of drug-likeness (QED) is 0.507. The molecule has 0 fully saturated rings. The molecule has 18 heavy (non-hydrogen) atoms. The molecule has 3 aromatic carbocycles. The molecule has 0 N–H and O–H groups in total. The highest BCUT2D eigenvalue weighted by atomic mass is 16.7. The second kappa shape index (κ2) is 4.67. The fourth-order valence-corrected chi connectivity index (χ4v) is 2.26. The summed E-state index contributed by atoms with van der Waals surface area (Å²) in [6.45, 7) is 0.266. The topological polar surface area (TPSA) is 18.5 Å². The Morgan fingerprint density at radius 1 is 0.833 bits per heavy atom. The minimum Gasteiger partial charge on any atom is -0.467 e. The number of methoxy groups -OCH3 is 1. The molecule has 0 aliphatic rings. The second-order valence-corrected chi connectivity index (χ2v) is 4.19. The van der Waals surface area contributed by atoms with Crippen LogP contribution in [0.2, 0.25) is 0 Å². The molecule has 0 unspecified atom stereocenters. The second-order valence-electron chi connectivity index (χ2n) is 4.19. The predicted octanol–water partition coefficient (Wildman–Crippen LogP) is 3.98. The van der Waals surface area contributed by atoms with Gasteiger partial charge in [0, 0.05) is 12.5 Å². The molecule has 0 radical (unpaired) electrons. The van der Waals surface area contributed by atoms with Gasteiger partial charge in [-0.25, -0.2) is 0 Å². The monoisotopic (exact) mass is 238 g/mol. The van der Waals surface area contributed by atoms with E-state index in [1.165, 1.54) is 16.2 Å². The van der Waals surface area contributed by atoms with Crippen molar-refractivity contribution in [3.05, 3.63) is 54.6 Å². The molecular weight excluding hydrogens is 224 g/mol. The van der Waals surface area contributed by atoms with E-state index < -0.39 is 0 Å². The first kappa shape index (κ1) is 11.1. The van der Waals surface area contributed by atoms with Gasteiger partial charge in [-0.3, -0.25) is 0 Å². The largest absolute Gasteiger partial charge is 0.467 e. The zero-order valence-electron chi connectivity index (χ0n) is 10.2. The summed E-state index contributed by atoms with van der Waals surface area (Å²) in [4.78, 5) is 0. The Labute approximate surface area is 106 Å². The fraction of sp³-hybridized carbons (Fsp3) is 0.125. The Morgan fingerprint density at radius 2 is 1.50 bits per heavy atom. The lowest BCUT2D eigenvalue weighted by molar-refractivity contribution is 0.0523. The summed E-state index contributed by atoms with van der Waals surface area (Å²) in [5, 5.41) is 4.76. The molecule has 0 atom stereocenters. The molecular formula is C16H14O2.